The van der Waals surface area contributed by atoms with E-state index in [1.165, 1.54) is 44.4 Å². The highest BCUT2D eigenvalue weighted by Gasteiger charge is 2.40. The van der Waals surface area contributed by atoms with Gasteiger partial charge in [-0.15, -0.1) is 0 Å². The average molecular weight is 500 g/mol. The molecule has 4 aromatic rings. The number of hydrogen-bond acceptors (Lipinski definition) is 1. The van der Waals surface area contributed by atoms with E-state index in [4.69, 9.17) is 0 Å². The molecule has 1 aliphatic carbocycles. The Labute approximate surface area is 225 Å². The molecule has 2 aliphatic rings. The van der Waals surface area contributed by atoms with Gasteiger partial charge in [0.1, 0.15) is 5.82 Å². The van der Waals surface area contributed by atoms with Crippen LogP contribution in [0.4, 0.5) is 10.1 Å². The van der Waals surface area contributed by atoms with Crippen molar-refractivity contribution in [1.29, 1.82) is 0 Å². The van der Waals surface area contributed by atoms with Gasteiger partial charge in [-0.25, -0.2) is 4.39 Å². The molecule has 0 saturated carbocycles. The molecular formula is C36H34FN. The highest BCUT2D eigenvalue weighted by molar-refractivity contribution is 5.99. The Balaban J connectivity index is 1.41. The first kappa shape index (κ1) is 24.4. The summed E-state index contributed by atoms with van der Waals surface area (Å²) in [4.78, 5) is 2.35. The molecule has 1 atom stereocenters. The number of rotatable bonds is 4. The zero-order valence-corrected chi connectivity index (χ0v) is 22.8. The van der Waals surface area contributed by atoms with Crippen LogP contribution in [-0.4, -0.2) is 7.05 Å². The molecule has 0 spiro atoms. The van der Waals surface area contributed by atoms with Crippen molar-refractivity contribution in [3.63, 3.8) is 0 Å². The smallest absolute Gasteiger partial charge is 0.123 e. The molecule has 2 heteroatoms. The summed E-state index contributed by atoms with van der Waals surface area (Å²) < 4.78 is 14.5. The molecule has 4 aromatic carbocycles. The molecule has 38 heavy (non-hydrogen) atoms. The van der Waals surface area contributed by atoms with Crippen LogP contribution >= 0.6 is 0 Å². The summed E-state index contributed by atoms with van der Waals surface area (Å²) in [5.74, 6) is -0.178. The molecule has 190 valence electrons. The topological polar surface area (TPSA) is 3.24 Å². The average Bonchev–Trinajstić information content (AvgIpc) is 3.23. The Kier molecular flexibility index (Phi) is 5.68. The molecule has 1 unspecified atom stereocenters. The van der Waals surface area contributed by atoms with Gasteiger partial charge in [-0.3, -0.25) is 0 Å². The third kappa shape index (κ3) is 3.66. The van der Waals surface area contributed by atoms with Crippen LogP contribution in [0.1, 0.15) is 49.9 Å². The molecule has 0 radical (unpaired) electrons. The summed E-state index contributed by atoms with van der Waals surface area (Å²) in [5.41, 5.74) is 9.44. The van der Waals surface area contributed by atoms with Crippen molar-refractivity contribution in [3.05, 3.63) is 142 Å². The molecular weight excluding hydrogens is 465 g/mol. The predicted octanol–water partition coefficient (Wildman–Crippen LogP) is 9.13. The van der Waals surface area contributed by atoms with E-state index in [9.17, 15) is 4.39 Å². The maximum atomic E-state index is 14.5. The third-order valence-corrected chi connectivity index (χ3v) is 8.81. The minimum absolute atomic E-state index is 0.114. The Hall–Kier alpha value is -3.91. The number of nitrogens with zero attached hydrogens (tertiary/aromatic N) is 1. The fourth-order valence-electron chi connectivity index (χ4n) is 6.86. The van der Waals surface area contributed by atoms with Gasteiger partial charge in [0, 0.05) is 29.0 Å². The second kappa shape index (κ2) is 8.84. The first-order valence-electron chi connectivity index (χ1n) is 13.4. The lowest BCUT2D eigenvalue weighted by molar-refractivity contribution is 0.564. The summed E-state index contributed by atoms with van der Waals surface area (Å²) in [5, 5.41) is 2.55. The number of anilines is 1. The maximum Gasteiger partial charge on any atom is 0.123 e. The van der Waals surface area contributed by atoms with Crippen LogP contribution in [0.15, 0.2) is 114 Å². The van der Waals surface area contributed by atoms with Crippen molar-refractivity contribution in [2.45, 2.75) is 44.9 Å². The standard InChI is InChI=1S/C36H34FN/c1-24-28-20-19-27(37)22-32(28)36(4,23-25-12-7-6-8-13-25)30(24)16-11-17-33-35(2,3)31-21-18-26-14-9-10-15-29(26)34(31)38(33)5/h6-22H,23H2,1-5H3/b16-11+,33-17+. The highest BCUT2D eigenvalue weighted by Crippen LogP contribution is 2.51. The van der Waals surface area contributed by atoms with Crippen LogP contribution in [0.2, 0.25) is 0 Å². The molecule has 6 rings (SSSR count). The maximum absolute atomic E-state index is 14.5. The number of allylic oxidation sites excluding steroid dienone is 6. The number of hydrogen-bond donors (Lipinski definition) is 0. The minimum Gasteiger partial charge on any atom is -0.347 e. The molecule has 1 nitrogen and oxygen atoms in total. The Bertz CT molecular complexity index is 1650. The lowest BCUT2D eigenvalue weighted by Gasteiger charge is -2.29. The monoisotopic (exact) mass is 499 g/mol. The zero-order valence-electron chi connectivity index (χ0n) is 22.8. The van der Waals surface area contributed by atoms with E-state index in [0.29, 0.717) is 0 Å². The van der Waals surface area contributed by atoms with Gasteiger partial charge in [0.05, 0.1) is 5.69 Å². The van der Waals surface area contributed by atoms with Gasteiger partial charge in [0.2, 0.25) is 0 Å². The second-order valence-electron chi connectivity index (χ2n) is 11.5. The zero-order chi connectivity index (χ0) is 26.7. The lowest BCUT2D eigenvalue weighted by atomic mass is 9.74. The summed E-state index contributed by atoms with van der Waals surface area (Å²) in [7, 11) is 2.18. The fourth-order valence-corrected chi connectivity index (χ4v) is 6.86. The number of halogens is 1. The second-order valence-corrected chi connectivity index (χ2v) is 11.5. The normalized spacial score (nSPS) is 21.1. The molecule has 0 N–H and O–H groups in total. The van der Waals surface area contributed by atoms with Gasteiger partial charge in [-0.2, -0.15) is 0 Å². The number of likely N-dealkylation sites (N-methyl/N-ethyl adjacent to an activating group) is 1. The van der Waals surface area contributed by atoms with E-state index >= 15 is 0 Å². The largest absolute Gasteiger partial charge is 0.347 e. The van der Waals surface area contributed by atoms with Crippen LogP contribution in [0.5, 0.6) is 0 Å². The van der Waals surface area contributed by atoms with E-state index in [1.54, 1.807) is 12.1 Å². The predicted molar refractivity (Wildman–Crippen MR) is 159 cm³/mol. The molecule has 1 aliphatic heterocycles. The van der Waals surface area contributed by atoms with Crippen molar-refractivity contribution in [2.75, 3.05) is 11.9 Å². The van der Waals surface area contributed by atoms with Gasteiger partial charge in [-0.1, -0.05) is 106 Å². The molecule has 0 saturated heterocycles. The number of fused-ring (bicyclic) bond motifs is 4. The quantitative estimate of drug-likeness (QED) is 0.271. The van der Waals surface area contributed by atoms with Crippen molar-refractivity contribution in [1.82, 2.24) is 0 Å². The van der Waals surface area contributed by atoms with E-state index < -0.39 is 0 Å². The van der Waals surface area contributed by atoms with Gasteiger partial charge < -0.3 is 4.90 Å². The Morgan fingerprint density at radius 3 is 2.37 bits per heavy atom. The molecule has 0 fully saturated rings. The minimum atomic E-state index is -0.311. The van der Waals surface area contributed by atoms with Crippen LogP contribution in [0.3, 0.4) is 0 Å². The van der Waals surface area contributed by atoms with Crippen LogP contribution in [-0.2, 0) is 17.3 Å². The van der Waals surface area contributed by atoms with E-state index in [2.05, 4.69) is 119 Å². The van der Waals surface area contributed by atoms with Crippen molar-refractivity contribution >= 4 is 22.0 Å². The first-order valence-corrected chi connectivity index (χ1v) is 13.4. The Morgan fingerprint density at radius 2 is 1.58 bits per heavy atom. The van der Waals surface area contributed by atoms with E-state index in [1.807, 2.05) is 12.1 Å². The van der Waals surface area contributed by atoms with Crippen molar-refractivity contribution in [2.24, 2.45) is 0 Å². The van der Waals surface area contributed by atoms with Crippen molar-refractivity contribution in [3.8, 4) is 0 Å². The number of benzene rings is 4. The van der Waals surface area contributed by atoms with Gasteiger partial charge >= 0.3 is 0 Å². The van der Waals surface area contributed by atoms with Crippen LogP contribution < -0.4 is 4.90 Å². The highest BCUT2D eigenvalue weighted by atomic mass is 19.1. The van der Waals surface area contributed by atoms with Crippen LogP contribution in [0, 0.1) is 5.82 Å². The summed E-state index contributed by atoms with van der Waals surface area (Å²) >= 11 is 0. The third-order valence-electron chi connectivity index (χ3n) is 8.81. The van der Waals surface area contributed by atoms with E-state index in [0.717, 1.165) is 17.5 Å². The molecule has 0 bridgehead atoms. The van der Waals surface area contributed by atoms with Gasteiger partial charge in [0.15, 0.2) is 0 Å². The fraction of sp³-hybridized carbons (Fsp3) is 0.222. The molecule has 0 amide bonds. The van der Waals surface area contributed by atoms with Gasteiger partial charge in [0.25, 0.3) is 0 Å². The summed E-state index contributed by atoms with van der Waals surface area (Å²) in [6.45, 7) is 9.05. The Morgan fingerprint density at radius 1 is 0.842 bits per heavy atom. The first-order chi connectivity index (χ1) is 18.2. The van der Waals surface area contributed by atoms with Crippen molar-refractivity contribution < 1.29 is 4.39 Å². The SMILES string of the molecule is CC1=C(/C=C/C=C2/N(C)c3c(ccc4ccccc34)C2(C)C)C(C)(Cc2ccccc2)c2cc(F)ccc21. The molecule has 0 aromatic heterocycles. The van der Waals surface area contributed by atoms with Crippen LogP contribution in [0.25, 0.3) is 16.3 Å². The summed E-state index contributed by atoms with van der Waals surface area (Å²) in [6, 6.07) is 28.9. The summed E-state index contributed by atoms with van der Waals surface area (Å²) in [6.07, 6.45) is 7.54. The molecule has 1 heterocycles. The van der Waals surface area contributed by atoms with E-state index in [-0.39, 0.29) is 16.6 Å². The lowest BCUT2D eigenvalue weighted by Crippen LogP contribution is -2.25. The van der Waals surface area contributed by atoms with Gasteiger partial charge in [-0.05, 0) is 70.3 Å².